The lowest BCUT2D eigenvalue weighted by molar-refractivity contribution is 0.0992. The third-order valence-electron chi connectivity index (χ3n) is 5.33. The first-order chi connectivity index (χ1) is 15.8. The van der Waals surface area contributed by atoms with Crippen molar-refractivity contribution >= 4 is 11.6 Å². The Labute approximate surface area is 192 Å². The van der Waals surface area contributed by atoms with E-state index < -0.39 is 0 Å². The lowest BCUT2D eigenvalue weighted by Gasteiger charge is -2.07. The maximum absolute atomic E-state index is 13.2. The Hall–Kier alpha value is -3.87. The second kappa shape index (κ2) is 9.32. The molecule has 0 unspecified atom stereocenters. The van der Waals surface area contributed by atoms with Crippen LogP contribution < -0.4 is 10.1 Å². The molecule has 0 radical (unpaired) electrons. The fourth-order valence-electron chi connectivity index (χ4n) is 3.72. The first-order valence-electron chi connectivity index (χ1n) is 10.7. The maximum atomic E-state index is 13.2. The number of anilines is 1. The van der Waals surface area contributed by atoms with Crippen LogP contribution in [0.2, 0.25) is 0 Å². The van der Waals surface area contributed by atoms with E-state index in [9.17, 15) is 9.18 Å². The van der Waals surface area contributed by atoms with E-state index in [0.29, 0.717) is 23.7 Å². The molecule has 33 heavy (non-hydrogen) atoms. The largest absolute Gasteiger partial charge is 0.486 e. The van der Waals surface area contributed by atoms with Gasteiger partial charge in [-0.1, -0.05) is 18.2 Å². The van der Waals surface area contributed by atoms with Crippen molar-refractivity contribution < 1.29 is 18.3 Å². The molecule has 6 nitrogen and oxygen atoms in total. The Morgan fingerprint density at radius 3 is 2.42 bits per heavy atom. The van der Waals surface area contributed by atoms with Crippen LogP contribution >= 0.6 is 0 Å². The Kier molecular flexibility index (Phi) is 6.31. The van der Waals surface area contributed by atoms with E-state index in [1.807, 2.05) is 39.8 Å². The number of furan rings is 1. The molecule has 0 aliphatic rings. The van der Waals surface area contributed by atoms with Crippen LogP contribution in [0.4, 0.5) is 10.1 Å². The van der Waals surface area contributed by atoms with Gasteiger partial charge in [-0.05, 0) is 80.8 Å². The SMILES string of the molecule is Cc1cc(C)cc(OCc2ccc(C(=O)Nc3c(C)nn(Cc4ccc(F)cc4)c3C)o2)c1. The Balaban J connectivity index is 1.41. The van der Waals surface area contributed by atoms with Gasteiger partial charge < -0.3 is 14.5 Å². The van der Waals surface area contributed by atoms with Crippen LogP contribution in [0.1, 0.15) is 44.4 Å². The number of hydrogen-bond acceptors (Lipinski definition) is 4. The average Bonchev–Trinajstić information content (AvgIpc) is 3.34. The molecule has 0 aliphatic carbocycles. The fourth-order valence-corrected chi connectivity index (χ4v) is 3.72. The molecular formula is C26H26FN3O3. The number of benzene rings is 2. The van der Waals surface area contributed by atoms with Gasteiger partial charge in [0.25, 0.3) is 5.91 Å². The van der Waals surface area contributed by atoms with Gasteiger partial charge in [0.1, 0.15) is 23.9 Å². The number of nitrogens with one attached hydrogen (secondary N) is 1. The number of carbonyl (C=O) groups is 1. The van der Waals surface area contributed by atoms with Crippen LogP contribution in [0, 0.1) is 33.5 Å². The molecule has 4 aromatic rings. The van der Waals surface area contributed by atoms with E-state index in [1.54, 1.807) is 28.9 Å². The normalized spacial score (nSPS) is 10.9. The van der Waals surface area contributed by atoms with E-state index >= 15 is 0 Å². The van der Waals surface area contributed by atoms with Gasteiger partial charge in [0.15, 0.2) is 5.76 Å². The second-order valence-electron chi connectivity index (χ2n) is 8.16. The van der Waals surface area contributed by atoms with E-state index in [2.05, 4.69) is 16.5 Å². The summed E-state index contributed by atoms with van der Waals surface area (Å²) < 4.78 is 26.4. The number of rotatable bonds is 7. The minimum Gasteiger partial charge on any atom is -0.486 e. The zero-order chi connectivity index (χ0) is 23.5. The third-order valence-corrected chi connectivity index (χ3v) is 5.33. The summed E-state index contributed by atoms with van der Waals surface area (Å²) in [5.74, 6) is 0.867. The number of hydrogen-bond donors (Lipinski definition) is 1. The molecule has 4 rings (SSSR count). The summed E-state index contributed by atoms with van der Waals surface area (Å²) in [5.41, 5.74) is 5.28. The number of ether oxygens (including phenoxy) is 1. The molecule has 2 heterocycles. The average molecular weight is 448 g/mol. The van der Waals surface area contributed by atoms with Crippen LogP contribution in [0.15, 0.2) is 59.0 Å². The van der Waals surface area contributed by atoms with Gasteiger partial charge in [-0.15, -0.1) is 0 Å². The number of aryl methyl sites for hydroxylation is 3. The van der Waals surface area contributed by atoms with Gasteiger partial charge in [0.05, 0.1) is 23.6 Å². The predicted molar refractivity (Wildman–Crippen MR) is 124 cm³/mol. The highest BCUT2D eigenvalue weighted by molar-refractivity contribution is 6.02. The number of halogens is 1. The molecule has 2 aromatic heterocycles. The lowest BCUT2D eigenvalue weighted by atomic mass is 10.1. The quantitative estimate of drug-likeness (QED) is 0.393. The van der Waals surface area contributed by atoms with Crippen molar-refractivity contribution in [3.05, 3.63) is 100 Å². The molecule has 0 atom stereocenters. The van der Waals surface area contributed by atoms with Crippen molar-refractivity contribution in [1.29, 1.82) is 0 Å². The zero-order valence-electron chi connectivity index (χ0n) is 19.1. The molecule has 1 amide bonds. The summed E-state index contributed by atoms with van der Waals surface area (Å²) in [6, 6.07) is 15.6. The summed E-state index contributed by atoms with van der Waals surface area (Å²) in [5, 5.41) is 7.41. The van der Waals surface area contributed by atoms with Crippen molar-refractivity contribution in [1.82, 2.24) is 9.78 Å². The van der Waals surface area contributed by atoms with Crippen molar-refractivity contribution in [2.24, 2.45) is 0 Å². The number of carbonyl (C=O) groups excluding carboxylic acids is 1. The van der Waals surface area contributed by atoms with E-state index in [1.165, 1.54) is 12.1 Å². The van der Waals surface area contributed by atoms with Crippen molar-refractivity contribution in [2.45, 2.75) is 40.8 Å². The molecule has 2 aromatic carbocycles. The van der Waals surface area contributed by atoms with Crippen LogP contribution in [0.25, 0.3) is 0 Å². The standard InChI is InChI=1S/C26H26FN3O3/c1-16-11-17(2)13-23(12-16)32-15-22-9-10-24(33-22)26(31)28-25-18(3)29-30(19(25)4)14-20-5-7-21(27)8-6-20/h5-13H,14-15H2,1-4H3,(H,28,31). The Morgan fingerprint density at radius 1 is 1.03 bits per heavy atom. The van der Waals surface area contributed by atoms with Crippen LogP contribution in [-0.4, -0.2) is 15.7 Å². The number of nitrogens with zero attached hydrogens (tertiary/aromatic N) is 2. The van der Waals surface area contributed by atoms with E-state index in [4.69, 9.17) is 9.15 Å². The smallest absolute Gasteiger partial charge is 0.291 e. The first kappa shape index (κ1) is 22.3. The molecule has 0 fully saturated rings. The predicted octanol–water partition coefficient (Wildman–Crippen LogP) is 5.73. The molecule has 0 bridgehead atoms. The van der Waals surface area contributed by atoms with Crippen molar-refractivity contribution in [2.75, 3.05) is 5.32 Å². The second-order valence-corrected chi connectivity index (χ2v) is 8.16. The van der Waals surface area contributed by atoms with Gasteiger partial charge in [-0.2, -0.15) is 5.10 Å². The Bertz CT molecular complexity index is 1270. The minimum absolute atomic E-state index is 0.194. The van der Waals surface area contributed by atoms with Gasteiger partial charge >= 0.3 is 0 Å². The van der Waals surface area contributed by atoms with Crippen molar-refractivity contribution in [3.8, 4) is 5.75 Å². The molecule has 1 N–H and O–H groups in total. The van der Waals surface area contributed by atoms with E-state index in [0.717, 1.165) is 28.1 Å². The minimum atomic E-state index is -0.361. The fraction of sp³-hybridized carbons (Fsp3) is 0.231. The van der Waals surface area contributed by atoms with Crippen LogP contribution in [-0.2, 0) is 13.2 Å². The van der Waals surface area contributed by atoms with Crippen molar-refractivity contribution in [3.63, 3.8) is 0 Å². The highest BCUT2D eigenvalue weighted by atomic mass is 19.1. The van der Waals surface area contributed by atoms with Crippen LogP contribution in [0.5, 0.6) is 5.75 Å². The van der Waals surface area contributed by atoms with Gasteiger partial charge in [-0.3, -0.25) is 9.48 Å². The van der Waals surface area contributed by atoms with E-state index in [-0.39, 0.29) is 24.1 Å². The summed E-state index contributed by atoms with van der Waals surface area (Å²) in [6.07, 6.45) is 0. The molecule has 0 spiro atoms. The number of amides is 1. The van der Waals surface area contributed by atoms with Gasteiger partial charge in [-0.25, -0.2) is 4.39 Å². The molecule has 170 valence electrons. The summed E-state index contributed by atoms with van der Waals surface area (Å²) >= 11 is 0. The third kappa shape index (κ3) is 5.31. The van der Waals surface area contributed by atoms with Crippen LogP contribution in [0.3, 0.4) is 0 Å². The highest BCUT2D eigenvalue weighted by Crippen LogP contribution is 2.23. The first-order valence-corrected chi connectivity index (χ1v) is 10.7. The Morgan fingerprint density at radius 2 is 1.73 bits per heavy atom. The summed E-state index contributed by atoms with van der Waals surface area (Å²) in [6.45, 7) is 8.44. The maximum Gasteiger partial charge on any atom is 0.291 e. The highest BCUT2D eigenvalue weighted by Gasteiger charge is 2.18. The van der Waals surface area contributed by atoms with Gasteiger partial charge in [0, 0.05) is 0 Å². The monoisotopic (exact) mass is 447 g/mol. The molecule has 0 saturated carbocycles. The molecule has 7 heteroatoms. The number of aromatic nitrogens is 2. The molecule has 0 saturated heterocycles. The lowest BCUT2D eigenvalue weighted by Crippen LogP contribution is -2.12. The molecular weight excluding hydrogens is 421 g/mol. The topological polar surface area (TPSA) is 69.3 Å². The van der Waals surface area contributed by atoms with Gasteiger partial charge in [0.2, 0.25) is 0 Å². The zero-order valence-corrected chi connectivity index (χ0v) is 19.1. The molecule has 0 aliphatic heterocycles. The summed E-state index contributed by atoms with van der Waals surface area (Å²) in [4.78, 5) is 12.8. The summed E-state index contributed by atoms with van der Waals surface area (Å²) in [7, 11) is 0.